The first-order chi connectivity index (χ1) is 8.25. The van der Waals surface area contributed by atoms with E-state index in [1.54, 1.807) is 6.92 Å². The molecule has 0 N–H and O–H groups in total. The molecule has 0 bridgehead atoms. The molecule has 0 aromatic heterocycles. The Morgan fingerprint density at radius 2 is 1.83 bits per heavy atom. The van der Waals surface area contributed by atoms with Gasteiger partial charge in [0.05, 0.1) is 11.9 Å². The van der Waals surface area contributed by atoms with Crippen LogP contribution in [0.15, 0.2) is 0 Å². The van der Waals surface area contributed by atoms with E-state index in [0.29, 0.717) is 6.61 Å². The molecule has 0 aliphatic carbocycles. The number of hydrogen-bond acceptors (Lipinski definition) is 5. The fraction of sp³-hybridized carbons (Fsp3) is 1.00. The highest BCUT2D eigenvalue weighted by Gasteiger charge is 2.43. The largest absolute Gasteiger partial charge is 0.383 e. The summed E-state index contributed by atoms with van der Waals surface area (Å²) in [7, 11) is -3.75. The molecule has 7 nitrogen and oxygen atoms in total. The number of likely N-dealkylation sites (N-methyl/N-ethyl adjacent to an activating group) is 1. The lowest BCUT2D eigenvalue weighted by molar-refractivity contribution is 0.180. The van der Waals surface area contributed by atoms with Gasteiger partial charge in [-0.25, -0.2) is 8.42 Å². The first-order valence-corrected chi connectivity index (χ1v) is 8.79. The Hall–Kier alpha value is -0.220. The molecule has 1 aliphatic rings. The van der Waals surface area contributed by atoms with Crippen LogP contribution in [-0.4, -0.2) is 76.8 Å². The predicted octanol–water partition coefficient (Wildman–Crippen LogP) is -1.07. The molecule has 18 heavy (non-hydrogen) atoms. The van der Waals surface area contributed by atoms with Crippen LogP contribution in [-0.2, 0) is 24.8 Å². The van der Waals surface area contributed by atoms with Crippen LogP contribution in [0.5, 0.6) is 0 Å². The average molecular weight is 300 g/mol. The van der Waals surface area contributed by atoms with Gasteiger partial charge >= 0.3 is 0 Å². The Morgan fingerprint density at radius 3 is 2.28 bits per heavy atom. The van der Waals surface area contributed by atoms with Crippen molar-refractivity contribution in [3.8, 4) is 0 Å². The molecule has 9 heteroatoms. The van der Waals surface area contributed by atoms with Crippen LogP contribution >= 0.6 is 0 Å². The zero-order valence-corrected chi connectivity index (χ0v) is 12.5. The maximum Gasteiger partial charge on any atom is 0.281 e. The number of hydrogen-bond donors (Lipinski definition) is 0. The maximum absolute atomic E-state index is 12.0. The summed E-state index contributed by atoms with van der Waals surface area (Å²) in [6, 6.07) is 0. The monoisotopic (exact) mass is 300 g/mol. The number of rotatable bonds is 7. The van der Waals surface area contributed by atoms with E-state index in [1.165, 1.54) is 22.8 Å². The second kappa shape index (κ2) is 5.83. The SMILES string of the molecule is CCS(=O)(=O)C1CN(S(=O)(=O)N(C)CCOC)C1. The van der Waals surface area contributed by atoms with E-state index in [-0.39, 0.29) is 25.4 Å². The Labute approximate surface area is 109 Å². The topological polar surface area (TPSA) is 84.0 Å². The van der Waals surface area contributed by atoms with E-state index in [9.17, 15) is 16.8 Å². The summed E-state index contributed by atoms with van der Waals surface area (Å²) in [4.78, 5) is 0. The summed E-state index contributed by atoms with van der Waals surface area (Å²) in [6.45, 7) is 2.23. The highest BCUT2D eigenvalue weighted by molar-refractivity contribution is 7.92. The molecule has 0 aromatic rings. The van der Waals surface area contributed by atoms with E-state index in [4.69, 9.17) is 4.74 Å². The summed E-state index contributed by atoms with van der Waals surface area (Å²) < 4.78 is 54.2. The molecule has 0 atom stereocenters. The second-order valence-corrected chi connectivity index (χ2v) is 8.82. The van der Waals surface area contributed by atoms with E-state index >= 15 is 0 Å². The van der Waals surface area contributed by atoms with Crippen LogP contribution in [0.2, 0.25) is 0 Å². The van der Waals surface area contributed by atoms with Crippen molar-refractivity contribution in [1.82, 2.24) is 8.61 Å². The lowest BCUT2D eigenvalue weighted by atomic mass is 10.3. The van der Waals surface area contributed by atoms with Crippen molar-refractivity contribution in [2.75, 3.05) is 46.2 Å². The fourth-order valence-corrected chi connectivity index (χ4v) is 4.49. The summed E-state index contributed by atoms with van der Waals surface area (Å²) in [5, 5.41) is -0.562. The van der Waals surface area contributed by atoms with Crippen molar-refractivity contribution in [1.29, 1.82) is 0 Å². The second-order valence-electron chi connectivity index (χ2n) is 4.21. The molecule has 0 saturated carbocycles. The van der Waals surface area contributed by atoms with E-state index < -0.39 is 25.3 Å². The molecule has 0 amide bonds. The Morgan fingerprint density at radius 1 is 1.28 bits per heavy atom. The molecule has 0 aromatic carbocycles. The van der Waals surface area contributed by atoms with Gasteiger partial charge in [0, 0.05) is 39.5 Å². The van der Waals surface area contributed by atoms with E-state index in [2.05, 4.69) is 0 Å². The summed E-state index contributed by atoms with van der Waals surface area (Å²) in [6.07, 6.45) is 0. The summed E-state index contributed by atoms with van der Waals surface area (Å²) in [5.41, 5.74) is 0. The minimum atomic E-state index is -3.55. The zero-order valence-electron chi connectivity index (χ0n) is 10.9. The van der Waals surface area contributed by atoms with Crippen molar-refractivity contribution in [3.05, 3.63) is 0 Å². The van der Waals surface area contributed by atoms with Crippen molar-refractivity contribution >= 4 is 20.0 Å². The smallest absolute Gasteiger partial charge is 0.281 e. The third kappa shape index (κ3) is 3.21. The van der Waals surface area contributed by atoms with Gasteiger partial charge in [-0.3, -0.25) is 0 Å². The van der Waals surface area contributed by atoms with Crippen molar-refractivity contribution in [3.63, 3.8) is 0 Å². The summed E-state index contributed by atoms with van der Waals surface area (Å²) >= 11 is 0. The lowest BCUT2D eigenvalue weighted by Gasteiger charge is -2.39. The molecule has 0 spiro atoms. The third-order valence-electron chi connectivity index (χ3n) is 3.06. The minimum Gasteiger partial charge on any atom is -0.383 e. The van der Waals surface area contributed by atoms with Gasteiger partial charge < -0.3 is 4.74 Å². The maximum atomic E-state index is 12.0. The quantitative estimate of drug-likeness (QED) is 0.598. The zero-order chi connectivity index (χ0) is 14.0. The standard InChI is InChI=1S/C9H20N2O5S2/c1-4-17(12,13)9-7-11(8-9)18(14,15)10(2)5-6-16-3/h9H,4-8H2,1-3H3. The van der Waals surface area contributed by atoms with Gasteiger partial charge in [0.15, 0.2) is 9.84 Å². The molecule has 0 radical (unpaired) electrons. The summed E-state index contributed by atoms with van der Waals surface area (Å²) in [5.74, 6) is 0.0467. The lowest BCUT2D eigenvalue weighted by Crippen LogP contribution is -2.60. The van der Waals surface area contributed by atoms with Crippen LogP contribution in [0.1, 0.15) is 6.92 Å². The Balaban J connectivity index is 2.59. The Kier molecular flexibility index (Phi) is 5.13. The highest BCUT2D eigenvalue weighted by Crippen LogP contribution is 2.22. The van der Waals surface area contributed by atoms with Gasteiger partial charge in [0.2, 0.25) is 0 Å². The van der Waals surface area contributed by atoms with Gasteiger partial charge in [-0.1, -0.05) is 6.92 Å². The number of ether oxygens (including phenoxy) is 1. The Bertz CT molecular complexity index is 467. The molecule has 108 valence electrons. The molecule has 0 unspecified atom stereocenters. The molecule has 1 fully saturated rings. The van der Waals surface area contributed by atoms with Gasteiger partial charge in [0.25, 0.3) is 10.2 Å². The average Bonchev–Trinajstić information content (AvgIpc) is 2.22. The van der Waals surface area contributed by atoms with Crippen LogP contribution in [0.25, 0.3) is 0 Å². The van der Waals surface area contributed by atoms with Gasteiger partial charge in [-0.2, -0.15) is 17.0 Å². The number of sulfone groups is 1. The fourth-order valence-electron chi connectivity index (χ4n) is 1.58. The number of methoxy groups -OCH3 is 1. The van der Waals surface area contributed by atoms with Crippen LogP contribution in [0.3, 0.4) is 0 Å². The van der Waals surface area contributed by atoms with Gasteiger partial charge in [0.1, 0.15) is 0 Å². The van der Waals surface area contributed by atoms with Crippen molar-refractivity contribution in [2.45, 2.75) is 12.2 Å². The normalized spacial score (nSPS) is 19.1. The molecular formula is C9H20N2O5S2. The van der Waals surface area contributed by atoms with Crippen LogP contribution in [0.4, 0.5) is 0 Å². The van der Waals surface area contributed by atoms with Gasteiger partial charge in [-0.05, 0) is 0 Å². The van der Waals surface area contributed by atoms with Crippen molar-refractivity contribution < 1.29 is 21.6 Å². The van der Waals surface area contributed by atoms with E-state index in [0.717, 1.165) is 0 Å². The number of nitrogens with zero attached hydrogens (tertiary/aromatic N) is 2. The molecule has 1 saturated heterocycles. The molecular weight excluding hydrogens is 280 g/mol. The van der Waals surface area contributed by atoms with Crippen LogP contribution < -0.4 is 0 Å². The predicted molar refractivity (Wildman–Crippen MR) is 68.2 cm³/mol. The third-order valence-corrected chi connectivity index (χ3v) is 7.09. The van der Waals surface area contributed by atoms with Crippen molar-refractivity contribution in [2.24, 2.45) is 0 Å². The first-order valence-electron chi connectivity index (χ1n) is 5.67. The van der Waals surface area contributed by atoms with Crippen LogP contribution in [0, 0.1) is 0 Å². The molecule has 1 heterocycles. The minimum absolute atomic E-state index is 0.0467. The van der Waals surface area contributed by atoms with Gasteiger partial charge in [-0.15, -0.1) is 0 Å². The highest BCUT2D eigenvalue weighted by atomic mass is 32.2. The van der Waals surface area contributed by atoms with E-state index in [1.807, 2.05) is 0 Å². The first kappa shape index (κ1) is 15.8. The molecule has 1 aliphatic heterocycles. The molecule has 1 rings (SSSR count).